The molecule has 2 heterocycles. The summed E-state index contributed by atoms with van der Waals surface area (Å²) in [7, 11) is -3.47. The molecular weight excluding hydrogens is 380 g/mol. The maximum Gasteiger partial charge on any atom is 0.240 e. The third-order valence-corrected chi connectivity index (χ3v) is 8.12. The van der Waals surface area contributed by atoms with E-state index < -0.39 is 10.0 Å². The Morgan fingerprint density at radius 1 is 1.26 bits per heavy atom. The number of rotatable bonds is 8. The Hall–Kier alpha value is -0.760. The average molecular weight is 413 g/mol. The Kier molecular flexibility index (Phi) is 7.48. The van der Waals surface area contributed by atoms with Gasteiger partial charge >= 0.3 is 0 Å². The fourth-order valence-electron chi connectivity index (χ4n) is 3.81. The van der Waals surface area contributed by atoms with Crippen LogP contribution in [0.15, 0.2) is 23.1 Å². The van der Waals surface area contributed by atoms with Gasteiger partial charge in [-0.2, -0.15) is 11.8 Å². The molecule has 0 spiro atoms. The second-order valence-corrected chi connectivity index (χ2v) is 10.5. The van der Waals surface area contributed by atoms with Crippen LogP contribution in [0.25, 0.3) is 0 Å². The van der Waals surface area contributed by atoms with Gasteiger partial charge in [-0.25, -0.2) is 13.1 Å². The minimum atomic E-state index is -3.47. The summed E-state index contributed by atoms with van der Waals surface area (Å²) >= 11 is 2.05. The fraction of sp³-hybridized carbons (Fsp3) is 0.700. The predicted molar refractivity (Wildman–Crippen MR) is 112 cm³/mol. The van der Waals surface area contributed by atoms with Crippen LogP contribution in [0.3, 0.4) is 0 Å². The van der Waals surface area contributed by atoms with Crippen molar-refractivity contribution < 1.29 is 13.2 Å². The van der Waals surface area contributed by atoms with E-state index in [1.54, 1.807) is 18.2 Å². The van der Waals surface area contributed by atoms with Crippen LogP contribution in [0, 0.1) is 12.8 Å². The van der Waals surface area contributed by atoms with Gasteiger partial charge in [-0.15, -0.1) is 0 Å². The number of hydrogen-bond acceptors (Lipinski definition) is 5. The number of ether oxygens (including phenoxy) is 1. The van der Waals surface area contributed by atoms with E-state index in [1.807, 2.05) is 6.92 Å². The van der Waals surface area contributed by atoms with Gasteiger partial charge in [0.1, 0.15) is 5.75 Å². The van der Waals surface area contributed by atoms with Gasteiger partial charge < -0.3 is 4.74 Å². The SMILES string of the molecule is CCCOc1ccc(S(=O)(=O)NCC2CCN(C3CCSC3)CC2)cc1C. The fourth-order valence-corrected chi connectivity index (χ4v) is 6.26. The Labute approximate surface area is 168 Å². The van der Waals surface area contributed by atoms with Crippen LogP contribution < -0.4 is 9.46 Å². The number of aryl methyl sites for hydroxylation is 1. The molecule has 0 aliphatic carbocycles. The van der Waals surface area contributed by atoms with Crippen LogP contribution in [0.4, 0.5) is 0 Å². The van der Waals surface area contributed by atoms with E-state index >= 15 is 0 Å². The molecule has 1 aromatic rings. The second-order valence-electron chi connectivity index (χ2n) is 7.62. The first-order chi connectivity index (χ1) is 13.0. The summed E-state index contributed by atoms with van der Waals surface area (Å²) in [5, 5.41) is 0. The summed E-state index contributed by atoms with van der Waals surface area (Å²) < 4.78 is 33.8. The van der Waals surface area contributed by atoms with Crippen molar-refractivity contribution in [2.24, 2.45) is 5.92 Å². The molecule has 0 saturated carbocycles. The molecule has 0 amide bonds. The molecule has 27 heavy (non-hydrogen) atoms. The zero-order valence-electron chi connectivity index (χ0n) is 16.4. The highest BCUT2D eigenvalue weighted by Gasteiger charge is 2.28. The molecule has 0 radical (unpaired) electrons. The summed E-state index contributed by atoms with van der Waals surface area (Å²) in [5.41, 5.74) is 0.856. The monoisotopic (exact) mass is 412 g/mol. The minimum Gasteiger partial charge on any atom is -0.493 e. The molecule has 1 N–H and O–H groups in total. The minimum absolute atomic E-state index is 0.323. The third kappa shape index (κ3) is 5.62. The van der Waals surface area contributed by atoms with Crippen molar-refractivity contribution >= 4 is 21.8 Å². The number of nitrogens with zero attached hydrogens (tertiary/aromatic N) is 1. The van der Waals surface area contributed by atoms with Crippen LogP contribution in [0.1, 0.15) is 38.2 Å². The van der Waals surface area contributed by atoms with Gasteiger partial charge in [0.15, 0.2) is 0 Å². The first kappa shape index (κ1) is 21.0. The molecule has 2 saturated heterocycles. The van der Waals surface area contributed by atoms with Gasteiger partial charge in [0.05, 0.1) is 11.5 Å². The highest BCUT2D eigenvalue weighted by molar-refractivity contribution is 7.99. The molecule has 7 heteroatoms. The van der Waals surface area contributed by atoms with E-state index in [1.165, 1.54) is 17.9 Å². The molecule has 0 bridgehead atoms. The van der Waals surface area contributed by atoms with Gasteiger partial charge in [0, 0.05) is 18.3 Å². The van der Waals surface area contributed by atoms with Crippen molar-refractivity contribution in [3.05, 3.63) is 23.8 Å². The van der Waals surface area contributed by atoms with Gasteiger partial charge in [-0.1, -0.05) is 6.92 Å². The smallest absolute Gasteiger partial charge is 0.240 e. The number of hydrogen-bond donors (Lipinski definition) is 1. The molecular formula is C20H32N2O3S2. The van der Waals surface area contributed by atoms with E-state index in [9.17, 15) is 8.42 Å². The number of sulfonamides is 1. The molecule has 0 aromatic heterocycles. The lowest BCUT2D eigenvalue weighted by molar-refractivity contribution is 0.145. The highest BCUT2D eigenvalue weighted by Crippen LogP contribution is 2.27. The number of nitrogens with one attached hydrogen (secondary N) is 1. The molecule has 5 nitrogen and oxygen atoms in total. The number of thioether (sulfide) groups is 1. The number of piperidine rings is 1. The number of likely N-dealkylation sites (tertiary alicyclic amines) is 1. The summed E-state index contributed by atoms with van der Waals surface area (Å²) in [6, 6.07) is 5.84. The molecule has 1 aromatic carbocycles. The lowest BCUT2D eigenvalue weighted by atomic mass is 9.96. The predicted octanol–water partition coefficient (Wildman–Crippen LogP) is 3.28. The van der Waals surface area contributed by atoms with Crippen molar-refractivity contribution in [3.8, 4) is 5.75 Å². The van der Waals surface area contributed by atoms with Crippen LogP contribution >= 0.6 is 11.8 Å². The molecule has 2 aliphatic heterocycles. The van der Waals surface area contributed by atoms with Gasteiger partial charge in [0.2, 0.25) is 10.0 Å². The quantitative estimate of drug-likeness (QED) is 0.710. The Bertz CT molecular complexity index is 710. The normalized spacial score (nSPS) is 22.2. The van der Waals surface area contributed by atoms with Crippen molar-refractivity contribution in [2.45, 2.75) is 50.5 Å². The topological polar surface area (TPSA) is 58.6 Å². The average Bonchev–Trinajstić information content (AvgIpc) is 3.20. The van der Waals surface area contributed by atoms with Crippen molar-refractivity contribution in [3.63, 3.8) is 0 Å². The van der Waals surface area contributed by atoms with Gasteiger partial charge in [-0.05, 0) is 81.1 Å². The van der Waals surface area contributed by atoms with E-state index in [0.717, 1.165) is 49.7 Å². The van der Waals surface area contributed by atoms with Crippen LogP contribution in [-0.4, -0.2) is 57.1 Å². The first-order valence-corrected chi connectivity index (χ1v) is 12.7. The molecule has 1 atom stereocenters. The lowest BCUT2D eigenvalue weighted by Gasteiger charge is -2.35. The van der Waals surface area contributed by atoms with Crippen LogP contribution in [0.5, 0.6) is 5.75 Å². The van der Waals surface area contributed by atoms with Crippen LogP contribution in [0.2, 0.25) is 0 Å². The van der Waals surface area contributed by atoms with Crippen LogP contribution in [-0.2, 0) is 10.0 Å². The third-order valence-electron chi connectivity index (χ3n) is 5.55. The van der Waals surface area contributed by atoms with E-state index in [0.29, 0.717) is 24.0 Å². The van der Waals surface area contributed by atoms with E-state index in [4.69, 9.17) is 4.74 Å². The lowest BCUT2D eigenvalue weighted by Crippen LogP contribution is -2.43. The van der Waals surface area contributed by atoms with Crippen molar-refractivity contribution in [1.82, 2.24) is 9.62 Å². The molecule has 2 aliphatic rings. The largest absolute Gasteiger partial charge is 0.493 e. The maximum absolute atomic E-state index is 12.7. The molecule has 152 valence electrons. The first-order valence-electron chi connectivity index (χ1n) is 10.0. The maximum atomic E-state index is 12.7. The van der Waals surface area contributed by atoms with E-state index in [-0.39, 0.29) is 0 Å². The summed E-state index contributed by atoms with van der Waals surface area (Å²) in [4.78, 5) is 2.92. The number of benzene rings is 1. The van der Waals surface area contributed by atoms with E-state index in [2.05, 4.69) is 28.3 Å². The summed E-state index contributed by atoms with van der Waals surface area (Å²) in [5.74, 6) is 3.73. The van der Waals surface area contributed by atoms with Crippen molar-refractivity contribution in [2.75, 3.05) is 37.7 Å². The Morgan fingerprint density at radius 2 is 2.04 bits per heavy atom. The summed E-state index contributed by atoms with van der Waals surface area (Å²) in [6.45, 7) is 7.31. The molecule has 1 unspecified atom stereocenters. The van der Waals surface area contributed by atoms with Gasteiger partial charge in [-0.3, -0.25) is 4.90 Å². The molecule has 3 rings (SSSR count). The Morgan fingerprint density at radius 3 is 2.67 bits per heavy atom. The van der Waals surface area contributed by atoms with Crippen molar-refractivity contribution in [1.29, 1.82) is 0 Å². The van der Waals surface area contributed by atoms with Gasteiger partial charge in [0.25, 0.3) is 0 Å². The highest BCUT2D eigenvalue weighted by atomic mass is 32.2. The molecule has 2 fully saturated rings. The summed E-state index contributed by atoms with van der Waals surface area (Å²) in [6.07, 6.45) is 4.39. The standard InChI is InChI=1S/C20H32N2O3S2/c1-3-11-25-20-5-4-19(13-16(20)2)27(23,24)21-14-17-6-9-22(10-7-17)18-8-12-26-15-18/h4-5,13,17-18,21H,3,6-12,14-15H2,1-2H3. The second kappa shape index (κ2) is 9.63. The zero-order chi connectivity index (χ0) is 19.3. The zero-order valence-corrected chi connectivity index (χ0v) is 18.1. The Balaban J connectivity index is 1.50.